The maximum absolute atomic E-state index is 12.2. The van der Waals surface area contributed by atoms with Crippen molar-refractivity contribution in [3.8, 4) is 0 Å². The molecule has 0 aromatic carbocycles. The Bertz CT molecular complexity index is 448. The zero-order valence-corrected chi connectivity index (χ0v) is 12.5. The second-order valence-corrected chi connectivity index (χ2v) is 7.10. The molecule has 7 nitrogen and oxygen atoms in total. The zero-order chi connectivity index (χ0) is 15.1. The van der Waals surface area contributed by atoms with Crippen LogP contribution in [0.3, 0.4) is 0 Å². The average molecular weight is 301 g/mol. The maximum atomic E-state index is 12.2. The summed E-state index contributed by atoms with van der Waals surface area (Å²) in [6.45, 7) is 5.25. The van der Waals surface area contributed by atoms with E-state index in [1.165, 1.54) is 16.7 Å². The quantitative estimate of drug-likeness (QED) is 0.750. The predicted molar refractivity (Wildman–Crippen MR) is 73.8 cm³/mol. The van der Waals surface area contributed by atoms with Crippen LogP contribution in [0.2, 0.25) is 0 Å². The second-order valence-electron chi connectivity index (χ2n) is 5.89. The molecule has 3 N–H and O–H groups in total. The molecule has 0 unspecified atom stereocenters. The first kappa shape index (κ1) is 15.0. The molecule has 0 aliphatic carbocycles. The van der Waals surface area contributed by atoms with Crippen LogP contribution in [-0.2, 0) is 14.3 Å². The van der Waals surface area contributed by atoms with E-state index >= 15 is 0 Å². The van der Waals surface area contributed by atoms with Gasteiger partial charge < -0.3 is 20.7 Å². The number of nitrogens with one attached hydrogen (secondary N) is 1. The molecule has 0 spiro atoms. The summed E-state index contributed by atoms with van der Waals surface area (Å²) in [4.78, 5) is 36.7. The molecule has 2 aliphatic rings. The van der Waals surface area contributed by atoms with Crippen molar-refractivity contribution in [2.75, 3.05) is 5.75 Å². The third kappa shape index (κ3) is 3.00. The molecule has 8 heteroatoms. The molecule has 3 amide bonds. The lowest BCUT2D eigenvalue weighted by Crippen LogP contribution is -2.49. The lowest BCUT2D eigenvalue weighted by molar-refractivity contribution is -0.136. The highest BCUT2D eigenvalue weighted by molar-refractivity contribution is 8.00. The number of fused-ring (bicyclic) bond motifs is 1. The number of amides is 3. The maximum Gasteiger partial charge on any atom is 0.408 e. The van der Waals surface area contributed by atoms with E-state index in [9.17, 15) is 14.4 Å². The summed E-state index contributed by atoms with van der Waals surface area (Å²) in [5.74, 6) is -0.258. The minimum atomic E-state index is -0.649. The van der Waals surface area contributed by atoms with Crippen LogP contribution in [-0.4, -0.2) is 51.6 Å². The normalized spacial score (nSPS) is 29.2. The van der Waals surface area contributed by atoms with Crippen molar-refractivity contribution in [3.05, 3.63) is 0 Å². The van der Waals surface area contributed by atoms with Gasteiger partial charge in [-0.1, -0.05) is 0 Å². The number of alkyl carbamates (subject to hydrolysis) is 1. The van der Waals surface area contributed by atoms with Crippen LogP contribution in [0.25, 0.3) is 0 Å². The van der Waals surface area contributed by atoms with Crippen molar-refractivity contribution in [2.24, 2.45) is 5.73 Å². The number of nitrogens with zero attached hydrogens (tertiary/aromatic N) is 1. The summed E-state index contributed by atoms with van der Waals surface area (Å²) in [6, 6.07) is -1.23. The fraction of sp³-hybridized carbons (Fsp3) is 0.750. The molecule has 0 aromatic rings. The first-order valence-electron chi connectivity index (χ1n) is 6.41. The number of ether oxygens (including phenoxy) is 1. The second kappa shape index (κ2) is 5.16. The highest BCUT2D eigenvalue weighted by atomic mass is 32.2. The van der Waals surface area contributed by atoms with Crippen LogP contribution in [0.1, 0.15) is 27.2 Å². The highest BCUT2D eigenvalue weighted by Crippen LogP contribution is 2.37. The number of hydrogen-bond donors (Lipinski definition) is 2. The summed E-state index contributed by atoms with van der Waals surface area (Å²) in [5.41, 5.74) is 4.67. The largest absolute Gasteiger partial charge is 0.444 e. The predicted octanol–water partition coefficient (Wildman–Crippen LogP) is 0.0388. The number of hydrogen-bond acceptors (Lipinski definition) is 5. The van der Waals surface area contributed by atoms with Gasteiger partial charge in [-0.3, -0.25) is 9.59 Å². The van der Waals surface area contributed by atoms with E-state index in [0.29, 0.717) is 12.2 Å². The summed E-state index contributed by atoms with van der Waals surface area (Å²) >= 11 is 1.51. The fourth-order valence-corrected chi connectivity index (χ4v) is 3.78. The SMILES string of the molecule is CC(C)(C)OC(=O)N[C@@H]1C[C@H]2SC[C@H](C(N)=O)N2C1=O. The van der Waals surface area contributed by atoms with Gasteiger partial charge in [0.25, 0.3) is 0 Å². The van der Waals surface area contributed by atoms with Gasteiger partial charge in [-0.05, 0) is 20.8 Å². The number of thioether (sulfide) groups is 1. The Hall–Kier alpha value is -1.44. The smallest absolute Gasteiger partial charge is 0.408 e. The topological polar surface area (TPSA) is 102 Å². The van der Waals surface area contributed by atoms with Crippen LogP contribution in [0.5, 0.6) is 0 Å². The average Bonchev–Trinajstić information content (AvgIpc) is 2.78. The molecule has 3 atom stereocenters. The van der Waals surface area contributed by atoms with Crippen LogP contribution in [0.4, 0.5) is 4.79 Å². The van der Waals surface area contributed by atoms with E-state index in [-0.39, 0.29) is 11.3 Å². The highest BCUT2D eigenvalue weighted by Gasteiger charge is 2.49. The van der Waals surface area contributed by atoms with Crippen LogP contribution in [0, 0.1) is 0 Å². The first-order valence-corrected chi connectivity index (χ1v) is 7.46. The number of nitrogens with two attached hydrogens (primary N) is 1. The molecule has 2 aliphatic heterocycles. The Morgan fingerprint density at radius 1 is 1.45 bits per heavy atom. The Kier molecular flexibility index (Phi) is 3.86. The third-order valence-corrected chi connectivity index (χ3v) is 4.41. The molecular formula is C12H19N3O4S. The molecule has 2 fully saturated rings. The minimum Gasteiger partial charge on any atom is -0.444 e. The van der Waals surface area contributed by atoms with Gasteiger partial charge in [0.1, 0.15) is 17.7 Å². The van der Waals surface area contributed by atoms with Crippen molar-refractivity contribution < 1.29 is 19.1 Å². The van der Waals surface area contributed by atoms with Crippen molar-refractivity contribution in [2.45, 2.75) is 50.3 Å². The van der Waals surface area contributed by atoms with Crippen LogP contribution in [0.15, 0.2) is 0 Å². The van der Waals surface area contributed by atoms with Crippen LogP contribution >= 0.6 is 11.8 Å². The molecule has 0 bridgehead atoms. The molecule has 0 aromatic heterocycles. The van der Waals surface area contributed by atoms with Crippen molar-refractivity contribution in [3.63, 3.8) is 0 Å². The van der Waals surface area contributed by atoms with Crippen molar-refractivity contribution in [1.82, 2.24) is 10.2 Å². The molecule has 112 valence electrons. The van der Waals surface area contributed by atoms with Crippen molar-refractivity contribution >= 4 is 29.7 Å². The zero-order valence-electron chi connectivity index (χ0n) is 11.7. The van der Waals surface area contributed by atoms with Gasteiger partial charge in [0.2, 0.25) is 11.8 Å². The summed E-state index contributed by atoms with van der Waals surface area (Å²) in [7, 11) is 0. The molecule has 2 saturated heterocycles. The molecule has 2 heterocycles. The lowest BCUT2D eigenvalue weighted by Gasteiger charge is -2.22. The summed E-state index contributed by atoms with van der Waals surface area (Å²) < 4.78 is 5.13. The third-order valence-electron chi connectivity index (χ3n) is 3.10. The Morgan fingerprint density at radius 2 is 2.10 bits per heavy atom. The monoisotopic (exact) mass is 301 g/mol. The number of carbonyl (C=O) groups excluding carboxylic acids is 3. The van der Waals surface area contributed by atoms with Gasteiger partial charge in [0.05, 0.1) is 5.37 Å². The van der Waals surface area contributed by atoms with Gasteiger partial charge in [-0.25, -0.2) is 4.79 Å². The van der Waals surface area contributed by atoms with E-state index in [1.807, 2.05) is 0 Å². The Labute approximate surface area is 121 Å². The Morgan fingerprint density at radius 3 is 2.65 bits per heavy atom. The van der Waals surface area contributed by atoms with E-state index in [0.717, 1.165) is 0 Å². The number of rotatable bonds is 2. The summed E-state index contributed by atoms with van der Waals surface area (Å²) in [5, 5.41) is 2.46. The number of carbonyl (C=O) groups is 3. The van der Waals surface area contributed by atoms with Gasteiger partial charge in [-0.2, -0.15) is 0 Å². The van der Waals surface area contributed by atoms with Gasteiger partial charge in [-0.15, -0.1) is 11.8 Å². The summed E-state index contributed by atoms with van der Waals surface area (Å²) in [6.07, 6.45) is -0.162. The minimum absolute atomic E-state index is 0.0973. The van der Waals surface area contributed by atoms with Crippen LogP contribution < -0.4 is 11.1 Å². The molecule has 0 radical (unpaired) electrons. The molecular weight excluding hydrogens is 282 g/mol. The number of primary amides is 1. The fourth-order valence-electron chi connectivity index (χ4n) is 2.31. The van der Waals surface area contributed by atoms with Gasteiger partial charge in [0, 0.05) is 12.2 Å². The lowest BCUT2D eigenvalue weighted by atomic mass is 10.2. The Balaban J connectivity index is 1.98. The van der Waals surface area contributed by atoms with E-state index in [4.69, 9.17) is 10.5 Å². The standard InChI is InChI=1S/C12H19N3O4S/c1-12(2,3)19-11(18)14-6-4-8-15(10(6)17)7(5-20-8)9(13)16/h6-8H,4-5H2,1-3H3,(H2,13,16)(H,14,18)/t6-,7-,8-/m1/s1. The molecule has 0 saturated carbocycles. The van der Waals surface area contributed by atoms with E-state index in [1.54, 1.807) is 20.8 Å². The molecule has 2 rings (SSSR count). The van der Waals surface area contributed by atoms with E-state index in [2.05, 4.69) is 5.32 Å². The van der Waals surface area contributed by atoms with Gasteiger partial charge in [0.15, 0.2) is 0 Å². The van der Waals surface area contributed by atoms with Crippen molar-refractivity contribution in [1.29, 1.82) is 0 Å². The van der Waals surface area contributed by atoms with E-state index < -0.39 is 29.7 Å². The van der Waals surface area contributed by atoms with Gasteiger partial charge >= 0.3 is 6.09 Å². The first-order chi connectivity index (χ1) is 9.19. The molecule has 20 heavy (non-hydrogen) atoms.